The summed E-state index contributed by atoms with van der Waals surface area (Å²) < 4.78 is 34.6. The highest BCUT2D eigenvalue weighted by Gasteiger charge is 2.11. The van der Waals surface area contributed by atoms with Crippen LogP contribution in [0, 0.1) is 5.82 Å². The van der Waals surface area contributed by atoms with Crippen molar-refractivity contribution in [1.82, 2.24) is 0 Å². The standard InChI is InChI=1S/C24H18FNO6/c1-29-17-8-4-16(5-9-17)26-23(27)14-30-19-10-11-20-21(12-19)31-13-22(24(20)28)32-18-6-2-15(25)3-7-18/h2-13H,14H2,1H3,(H,26,27). The van der Waals surface area contributed by atoms with E-state index in [1.165, 1.54) is 42.7 Å². The van der Waals surface area contributed by atoms with Gasteiger partial charge in [-0.1, -0.05) is 0 Å². The maximum atomic E-state index is 13.0. The molecule has 0 saturated heterocycles. The molecule has 0 aliphatic rings. The molecule has 1 amide bonds. The van der Waals surface area contributed by atoms with Gasteiger partial charge in [-0.05, 0) is 60.7 Å². The lowest BCUT2D eigenvalue weighted by molar-refractivity contribution is -0.118. The Morgan fingerprint density at radius 3 is 2.38 bits per heavy atom. The monoisotopic (exact) mass is 435 g/mol. The molecule has 0 spiro atoms. The van der Waals surface area contributed by atoms with Crippen LogP contribution in [0.5, 0.6) is 23.0 Å². The zero-order chi connectivity index (χ0) is 22.5. The van der Waals surface area contributed by atoms with Gasteiger partial charge in [0, 0.05) is 11.8 Å². The lowest BCUT2D eigenvalue weighted by Crippen LogP contribution is -2.20. The summed E-state index contributed by atoms with van der Waals surface area (Å²) in [6.07, 6.45) is 1.17. The molecule has 1 heterocycles. The molecule has 32 heavy (non-hydrogen) atoms. The highest BCUT2D eigenvalue weighted by Crippen LogP contribution is 2.24. The zero-order valence-corrected chi connectivity index (χ0v) is 17.0. The normalized spacial score (nSPS) is 10.6. The van der Waals surface area contributed by atoms with Crippen molar-refractivity contribution in [3.8, 4) is 23.0 Å². The Hall–Kier alpha value is -4.33. The first-order valence-corrected chi connectivity index (χ1v) is 9.57. The minimum atomic E-state index is -0.409. The van der Waals surface area contributed by atoms with Crippen LogP contribution in [0.3, 0.4) is 0 Å². The van der Waals surface area contributed by atoms with Crippen LogP contribution in [-0.4, -0.2) is 19.6 Å². The SMILES string of the molecule is COc1ccc(NC(=O)COc2ccc3c(=O)c(Oc4ccc(F)cc4)coc3c2)cc1. The van der Waals surface area contributed by atoms with Crippen molar-refractivity contribution >= 4 is 22.6 Å². The third-order valence-corrected chi connectivity index (χ3v) is 4.50. The number of anilines is 1. The summed E-state index contributed by atoms with van der Waals surface area (Å²) in [6.45, 7) is -0.229. The van der Waals surface area contributed by atoms with Gasteiger partial charge in [-0.15, -0.1) is 0 Å². The molecule has 1 N–H and O–H groups in total. The van der Waals surface area contributed by atoms with Crippen molar-refractivity contribution in [1.29, 1.82) is 0 Å². The fourth-order valence-electron chi connectivity index (χ4n) is 2.90. The summed E-state index contributed by atoms with van der Waals surface area (Å²) in [6, 6.07) is 16.8. The lowest BCUT2D eigenvalue weighted by Gasteiger charge is -2.09. The van der Waals surface area contributed by atoms with E-state index in [1.807, 2.05) is 0 Å². The van der Waals surface area contributed by atoms with Gasteiger partial charge < -0.3 is 23.9 Å². The summed E-state index contributed by atoms with van der Waals surface area (Å²) in [5.74, 6) is 0.561. The first-order chi connectivity index (χ1) is 15.5. The van der Waals surface area contributed by atoms with E-state index in [0.717, 1.165) is 0 Å². The molecular formula is C24H18FNO6. The van der Waals surface area contributed by atoms with Gasteiger partial charge in [0.05, 0.1) is 12.5 Å². The Balaban J connectivity index is 1.42. The van der Waals surface area contributed by atoms with Crippen LogP contribution >= 0.6 is 0 Å². The van der Waals surface area contributed by atoms with Crippen molar-refractivity contribution < 1.29 is 27.8 Å². The fraction of sp³-hybridized carbons (Fsp3) is 0.0833. The number of hydrogen-bond acceptors (Lipinski definition) is 6. The van der Waals surface area contributed by atoms with Crippen LogP contribution in [0.4, 0.5) is 10.1 Å². The molecule has 0 aliphatic heterocycles. The van der Waals surface area contributed by atoms with Crippen molar-refractivity contribution in [2.24, 2.45) is 0 Å². The largest absolute Gasteiger partial charge is 0.497 e. The van der Waals surface area contributed by atoms with E-state index in [-0.39, 0.29) is 34.7 Å². The van der Waals surface area contributed by atoms with Crippen molar-refractivity contribution in [3.05, 3.63) is 89.0 Å². The van der Waals surface area contributed by atoms with Gasteiger partial charge in [0.15, 0.2) is 6.61 Å². The zero-order valence-electron chi connectivity index (χ0n) is 17.0. The van der Waals surface area contributed by atoms with E-state index < -0.39 is 5.82 Å². The van der Waals surface area contributed by atoms with Crippen molar-refractivity contribution in [2.45, 2.75) is 0 Å². The second-order valence-corrected chi connectivity index (χ2v) is 6.71. The molecule has 3 aromatic carbocycles. The number of carbonyl (C=O) groups is 1. The molecule has 0 unspecified atom stereocenters. The van der Waals surface area contributed by atoms with Crippen LogP contribution in [0.1, 0.15) is 0 Å². The maximum absolute atomic E-state index is 13.0. The summed E-state index contributed by atoms with van der Waals surface area (Å²) in [5.41, 5.74) is 0.492. The molecule has 1 aromatic heterocycles. The van der Waals surface area contributed by atoms with E-state index in [0.29, 0.717) is 22.9 Å². The Kier molecular flexibility index (Phi) is 6.03. The van der Waals surface area contributed by atoms with Gasteiger partial charge in [0.2, 0.25) is 11.2 Å². The number of rotatable bonds is 7. The number of carbonyl (C=O) groups excluding carboxylic acids is 1. The van der Waals surface area contributed by atoms with Crippen LogP contribution in [-0.2, 0) is 4.79 Å². The molecule has 0 bridgehead atoms. The van der Waals surface area contributed by atoms with Gasteiger partial charge in [0.25, 0.3) is 5.91 Å². The Labute approximate surface area is 182 Å². The number of ether oxygens (including phenoxy) is 3. The third kappa shape index (κ3) is 4.86. The number of methoxy groups -OCH3 is 1. The Morgan fingerprint density at radius 2 is 1.66 bits per heavy atom. The number of fused-ring (bicyclic) bond motifs is 1. The van der Waals surface area contributed by atoms with Gasteiger partial charge in [-0.2, -0.15) is 0 Å². The van der Waals surface area contributed by atoms with E-state index in [2.05, 4.69) is 5.32 Å². The second-order valence-electron chi connectivity index (χ2n) is 6.71. The molecule has 4 rings (SSSR count). The third-order valence-electron chi connectivity index (χ3n) is 4.50. The number of nitrogens with one attached hydrogen (secondary N) is 1. The number of hydrogen-bond donors (Lipinski definition) is 1. The topological polar surface area (TPSA) is 87.0 Å². The second kappa shape index (κ2) is 9.22. The molecule has 0 radical (unpaired) electrons. The molecule has 0 fully saturated rings. The maximum Gasteiger partial charge on any atom is 0.262 e. The first kappa shape index (κ1) is 20.9. The van der Waals surface area contributed by atoms with Crippen molar-refractivity contribution in [2.75, 3.05) is 19.0 Å². The molecular weight excluding hydrogens is 417 g/mol. The van der Waals surface area contributed by atoms with Crippen LogP contribution in [0.2, 0.25) is 0 Å². The summed E-state index contributed by atoms with van der Waals surface area (Å²) in [5, 5.41) is 2.99. The first-order valence-electron chi connectivity index (χ1n) is 9.57. The number of amides is 1. The number of benzene rings is 3. The molecule has 162 valence electrons. The van der Waals surface area contributed by atoms with Crippen LogP contribution < -0.4 is 25.0 Å². The number of halogens is 1. The predicted molar refractivity (Wildman–Crippen MR) is 116 cm³/mol. The minimum Gasteiger partial charge on any atom is -0.497 e. The van der Waals surface area contributed by atoms with E-state index in [9.17, 15) is 14.0 Å². The highest BCUT2D eigenvalue weighted by molar-refractivity contribution is 5.92. The summed E-state index contributed by atoms with van der Waals surface area (Å²) in [7, 11) is 1.56. The molecule has 7 nitrogen and oxygen atoms in total. The van der Waals surface area contributed by atoms with Crippen molar-refractivity contribution in [3.63, 3.8) is 0 Å². The van der Waals surface area contributed by atoms with Crippen LogP contribution in [0.25, 0.3) is 11.0 Å². The van der Waals surface area contributed by atoms with Gasteiger partial charge in [-0.3, -0.25) is 9.59 Å². The van der Waals surface area contributed by atoms with Gasteiger partial charge in [0.1, 0.15) is 34.9 Å². The van der Waals surface area contributed by atoms with E-state index >= 15 is 0 Å². The quantitative estimate of drug-likeness (QED) is 0.451. The molecule has 0 atom stereocenters. The molecule has 4 aromatic rings. The van der Waals surface area contributed by atoms with Gasteiger partial charge in [-0.25, -0.2) is 4.39 Å². The molecule has 8 heteroatoms. The fourth-order valence-corrected chi connectivity index (χ4v) is 2.90. The average molecular weight is 435 g/mol. The van der Waals surface area contributed by atoms with Crippen LogP contribution in [0.15, 0.2) is 82.2 Å². The Morgan fingerprint density at radius 1 is 0.969 bits per heavy atom. The lowest BCUT2D eigenvalue weighted by atomic mass is 10.2. The van der Waals surface area contributed by atoms with E-state index in [1.54, 1.807) is 37.4 Å². The van der Waals surface area contributed by atoms with Gasteiger partial charge >= 0.3 is 0 Å². The average Bonchev–Trinajstić information content (AvgIpc) is 2.81. The smallest absolute Gasteiger partial charge is 0.262 e. The Bertz CT molecular complexity index is 1300. The molecule has 0 aliphatic carbocycles. The molecule has 0 saturated carbocycles. The van der Waals surface area contributed by atoms with E-state index in [4.69, 9.17) is 18.6 Å². The predicted octanol–water partition coefficient (Wildman–Crippen LogP) is 4.75. The highest BCUT2D eigenvalue weighted by atomic mass is 19.1. The summed E-state index contributed by atoms with van der Waals surface area (Å²) >= 11 is 0. The summed E-state index contributed by atoms with van der Waals surface area (Å²) in [4.78, 5) is 24.8. The minimum absolute atomic E-state index is 0.0309.